The molecular formula is C10H20FNO. The van der Waals surface area contributed by atoms with E-state index in [0.717, 1.165) is 12.8 Å². The molecular weight excluding hydrogens is 169 g/mol. The standard InChI is InChI=1S/C10H20FNO/c11-7-9(13)6-10(8-12)4-2-1-3-5-10/h9,13H,1-8,12H2. The number of hydrogen-bond acceptors (Lipinski definition) is 2. The Labute approximate surface area is 79.3 Å². The van der Waals surface area contributed by atoms with Crippen molar-refractivity contribution in [2.24, 2.45) is 11.1 Å². The summed E-state index contributed by atoms with van der Waals surface area (Å²) in [6.45, 7) is -0.0498. The molecule has 1 rings (SSSR count). The summed E-state index contributed by atoms with van der Waals surface area (Å²) >= 11 is 0. The van der Waals surface area contributed by atoms with Crippen LogP contribution in [0.4, 0.5) is 4.39 Å². The molecule has 0 aromatic carbocycles. The van der Waals surface area contributed by atoms with Crippen molar-refractivity contribution in [1.82, 2.24) is 0 Å². The second-order valence-corrected chi connectivity index (χ2v) is 4.28. The van der Waals surface area contributed by atoms with E-state index in [1.165, 1.54) is 19.3 Å². The Morgan fingerprint density at radius 1 is 1.31 bits per heavy atom. The van der Waals surface area contributed by atoms with E-state index in [0.29, 0.717) is 13.0 Å². The summed E-state index contributed by atoms with van der Waals surface area (Å²) in [6, 6.07) is 0. The van der Waals surface area contributed by atoms with Crippen LogP contribution in [0.5, 0.6) is 0 Å². The number of aliphatic hydroxyl groups excluding tert-OH is 1. The normalized spacial score (nSPS) is 24.2. The molecule has 0 aromatic rings. The van der Waals surface area contributed by atoms with E-state index in [2.05, 4.69) is 0 Å². The molecule has 0 aliphatic heterocycles. The van der Waals surface area contributed by atoms with E-state index in [-0.39, 0.29) is 5.41 Å². The fraction of sp³-hybridized carbons (Fsp3) is 1.00. The molecule has 3 heteroatoms. The molecule has 1 aliphatic rings. The average molecular weight is 189 g/mol. The van der Waals surface area contributed by atoms with Gasteiger partial charge in [0.05, 0.1) is 6.10 Å². The van der Waals surface area contributed by atoms with E-state index in [9.17, 15) is 9.50 Å². The lowest BCUT2D eigenvalue weighted by atomic mass is 9.71. The van der Waals surface area contributed by atoms with Gasteiger partial charge in [-0.3, -0.25) is 0 Å². The van der Waals surface area contributed by atoms with Crippen molar-refractivity contribution in [3.63, 3.8) is 0 Å². The van der Waals surface area contributed by atoms with Crippen LogP contribution < -0.4 is 5.73 Å². The second kappa shape index (κ2) is 4.91. The second-order valence-electron chi connectivity index (χ2n) is 4.28. The van der Waals surface area contributed by atoms with Crippen molar-refractivity contribution in [1.29, 1.82) is 0 Å². The van der Waals surface area contributed by atoms with Crippen LogP contribution in [-0.2, 0) is 0 Å². The van der Waals surface area contributed by atoms with Crippen LogP contribution in [0, 0.1) is 5.41 Å². The van der Waals surface area contributed by atoms with Crippen molar-refractivity contribution in [3.05, 3.63) is 0 Å². The maximum atomic E-state index is 12.2. The van der Waals surface area contributed by atoms with Crippen molar-refractivity contribution in [2.45, 2.75) is 44.6 Å². The van der Waals surface area contributed by atoms with Gasteiger partial charge in [-0.1, -0.05) is 19.3 Å². The van der Waals surface area contributed by atoms with Crippen LogP contribution in [-0.4, -0.2) is 24.4 Å². The van der Waals surface area contributed by atoms with E-state index < -0.39 is 12.8 Å². The molecule has 1 unspecified atom stereocenters. The molecule has 0 amide bonds. The number of halogens is 1. The average Bonchev–Trinajstić information content (AvgIpc) is 2.19. The molecule has 1 aliphatic carbocycles. The quantitative estimate of drug-likeness (QED) is 0.706. The van der Waals surface area contributed by atoms with Gasteiger partial charge in [0, 0.05) is 0 Å². The predicted molar refractivity (Wildman–Crippen MR) is 51.2 cm³/mol. The van der Waals surface area contributed by atoms with Crippen LogP contribution in [0.15, 0.2) is 0 Å². The van der Waals surface area contributed by atoms with Crippen molar-refractivity contribution in [3.8, 4) is 0 Å². The number of nitrogens with two attached hydrogens (primary N) is 1. The van der Waals surface area contributed by atoms with Crippen LogP contribution in [0.2, 0.25) is 0 Å². The maximum absolute atomic E-state index is 12.2. The first-order valence-corrected chi connectivity index (χ1v) is 5.16. The maximum Gasteiger partial charge on any atom is 0.115 e. The van der Waals surface area contributed by atoms with Crippen LogP contribution in [0.3, 0.4) is 0 Å². The first-order valence-electron chi connectivity index (χ1n) is 5.16. The molecule has 0 spiro atoms. The number of rotatable bonds is 4. The molecule has 0 heterocycles. The highest BCUT2D eigenvalue weighted by Crippen LogP contribution is 2.39. The number of alkyl halides is 1. The molecule has 0 saturated heterocycles. The van der Waals surface area contributed by atoms with E-state index in [4.69, 9.17) is 5.73 Å². The first kappa shape index (κ1) is 10.9. The summed E-state index contributed by atoms with van der Waals surface area (Å²) in [5.74, 6) is 0. The largest absolute Gasteiger partial charge is 0.390 e. The van der Waals surface area contributed by atoms with Gasteiger partial charge in [-0.15, -0.1) is 0 Å². The molecule has 1 fully saturated rings. The van der Waals surface area contributed by atoms with E-state index in [1.807, 2.05) is 0 Å². The third-order valence-electron chi connectivity index (χ3n) is 3.19. The summed E-state index contributed by atoms with van der Waals surface area (Å²) in [7, 11) is 0. The molecule has 1 atom stereocenters. The van der Waals surface area contributed by atoms with Gasteiger partial charge in [-0.2, -0.15) is 0 Å². The first-order chi connectivity index (χ1) is 6.22. The minimum atomic E-state index is -0.804. The van der Waals surface area contributed by atoms with Gasteiger partial charge in [0.25, 0.3) is 0 Å². The number of hydrogen-bond donors (Lipinski definition) is 2. The molecule has 13 heavy (non-hydrogen) atoms. The molecule has 3 N–H and O–H groups in total. The fourth-order valence-electron chi connectivity index (χ4n) is 2.35. The molecule has 0 bridgehead atoms. The molecule has 0 aromatic heterocycles. The SMILES string of the molecule is NCC1(CC(O)CF)CCCCC1. The van der Waals surface area contributed by atoms with Gasteiger partial charge < -0.3 is 10.8 Å². The van der Waals surface area contributed by atoms with Gasteiger partial charge in [-0.25, -0.2) is 4.39 Å². The number of aliphatic hydroxyl groups is 1. The van der Waals surface area contributed by atoms with Gasteiger partial charge in [0.1, 0.15) is 6.67 Å². The minimum Gasteiger partial charge on any atom is -0.390 e. The van der Waals surface area contributed by atoms with E-state index in [1.54, 1.807) is 0 Å². The zero-order valence-electron chi connectivity index (χ0n) is 8.14. The minimum absolute atomic E-state index is 0.0315. The van der Waals surface area contributed by atoms with Crippen LogP contribution in [0.1, 0.15) is 38.5 Å². The smallest absolute Gasteiger partial charge is 0.115 e. The molecule has 0 radical (unpaired) electrons. The lowest BCUT2D eigenvalue weighted by molar-refractivity contribution is 0.0579. The van der Waals surface area contributed by atoms with Crippen molar-refractivity contribution in [2.75, 3.05) is 13.2 Å². The highest BCUT2D eigenvalue weighted by molar-refractivity contribution is 4.85. The Bertz CT molecular complexity index is 146. The summed E-state index contributed by atoms with van der Waals surface area (Å²) in [5, 5.41) is 9.28. The fourth-order valence-corrected chi connectivity index (χ4v) is 2.35. The van der Waals surface area contributed by atoms with Gasteiger partial charge >= 0.3 is 0 Å². The predicted octanol–water partition coefficient (Wildman–Crippen LogP) is 1.62. The zero-order valence-corrected chi connectivity index (χ0v) is 8.14. The Balaban J connectivity index is 2.47. The Morgan fingerprint density at radius 2 is 1.92 bits per heavy atom. The lowest BCUT2D eigenvalue weighted by Crippen LogP contribution is -2.36. The monoisotopic (exact) mass is 189 g/mol. The van der Waals surface area contributed by atoms with Gasteiger partial charge in [0.15, 0.2) is 0 Å². The van der Waals surface area contributed by atoms with Gasteiger partial charge in [0.2, 0.25) is 0 Å². The van der Waals surface area contributed by atoms with Crippen molar-refractivity contribution < 1.29 is 9.50 Å². The topological polar surface area (TPSA) is 46.2 Å². The molecule has 1 saturated carbocycles. The Morgan fingerprint density at radius 3 is 2.38 bits per heavy atom. The third kappa shape index (κ3) is 2.92. The van der Waals surface area contributed by atoms with Crippen molar-refractivity contribution >= 4 is 0 Å². The molecule has 78 valence electrons. The van der Waals surface area contributed by atoms with Crippen LogP contribution >= 0.6 is 0 Å². The zero-order chi connectivity index (χ0) is 9.73. The van der Waals surface area contributed by atoms with Crippen LogP contribution in [0.25, 0.3) is 0 Å². The summed E-state index contributed by atoms with van der Waals surface area (Å²) < 4.78 is 12.2. The summed E-state index contributed by atoms with van der Waals surface area (Å²) in [6.07, 6.45) is 5.46. The summed E-state index contributed by atoms with van der Waals surface area (Å²) in [5.41, 5.74) is 5.74. The molecule has 2 nitrogen and oxygen atoms in total. The Hall–Kier alpha value is -0.150. The highest BCUT2D eigenvalue weighted by Gasteiger charge is 2.32. The highest BCUT2D eigenvalue weighted by atomic mass is 19.1. The summed E-state index contributed by atoms with van der Waals surface area (Å²) in [4.78, 5) is 0. The van der Waals surface area contributed by atoms with E-state index >= 15 is 0 Å². The lowest BCUT2D eigenvalue weighted by Gasteiger charge is -2.37. The van der Waals surface area contributed by atoms with Gasteiger partial charge in [-0.05, 0) is 31.2 Å². The third-order valence-corrected chi connectivity index (χ3v) is 3.19. The Kier molecular flexibility index (Phi) is 4.13.